The summed E-state index contributed by atoms with van der Waals surface area (Å²) in [4.78, 5) is 4.73. The molecule has 20 heavy (non-hydrogen) atoms. The highest BCUT2D eigenvalue weighted by molar-refractivity contribution is 5.45. The molecular weight excluding hydrogens is 246 g/mol. The van der Waals surface area contributed by atoms with Crippen molar-refractivity contribution in [1.29, 1.82) is 0 Å². The van der Waals surface area contributed by atoms with Gasteiger partial charge in [-0.05, 0) is 56.1 Å². The Hall–Kier alpha value is -1.06. The second-order valence-corrected chi connectivity index (χ2v) is 6.08. The van der Waals surface area contributed by atoms with Gasteiger partial charge in [-0.25, -0.2) is 0 Å². The molecule has 0 spiro atoms. The van der Waals surface area contributed by atoms with Crippen LogP contribution in [0.2, 0.25) is 0 Å². The maximum absolute atomic E-state index is 3.45. The van der Waals surface area contributed by atoms with Crippen molar-refractivity contribution in [2.24, 2.45) is 5.92 Å². The molecule has 1 aliphatic rings. The van der Waals surface area contributed by atoms with Crippen molar-refractivity contribution in [1.82, 2.24) is 10.2 Å². The Morgan fingerprint density at radius 1 is 1.10 bits per heavy atom. The van der Waals surface area contributed by atoms with Gasteiger partial charge in [-0.15, -0.1) is 0 Å². The van der Waals surface area contributed by atoms with Crippen LogP contribution in [0.3, 0.4) is 0 Å². The fourth-order valence-corrected chi connectivity index (χ4v) is 2.89. The lowest BCUT2D eigenvalue weighted by molar-refractivity contribution is 0.207. The van der Waals surface area contributed by atoms with Crippen molar-refractivity contribution in [3.05, 3.63) is 29.8 Å². The van der Waals surface area contributed by atoms with Crippen molar-refractivity contribution in [3.8, 4) is 0 Å². The van der Waals surface area contributed by atoms with Gasteiger partial charge in [-0.3, -0.25) is 4.90 Å². The minimum atomic E-state index is 0.872. The highest BCUT2D eigenvalue weighted by Crippen LogP contribution is 2.17. The molecule has 0 amide bonds. The number of nitrogens with zero attached hydrogens (tertiary/aromatic N) is 2. The van der Waals surface area contributed by atoms with Crippen LogP contribution in [0.5, 0.6) is 0 Å². The second-order valence-electron chi connectivity index (χ2n) is 6.08. The van der Waals surface area contributed by atoms with Gasteiger partial charge in [0.25, 0.3) is 0 Å². The summed E-state index contributed by atoms with van der Waals surface area (Å²) in [5.41, 5.74) is 2.70. The Bertz CT molecular complexity index is 380. The van der Waals surface area contributed by atoms with E-state index in [0.717, 1.165) is 19.0 Å². The molecule has 1 aromatic rings. The topological polar surface area (TPSA) is 18.5 Å². The van der Waals surface area contributed by atoms with Gasteiger partial charge in [0.1, 0.15) is 0 Å². The Balaban J connectivity index is 1.88. The minimum Gasteiger partial charge on any atom is -0.378 e. The van der Waals surface area contributed by atoms with Crippen LogP contribution in [-0.4, -0.2) is 45.2 Å². The van der Waals surface area contributed by atoms with Gasteiger partial charge in [-0.2, -0.15) is 0 Å². The molecule has 1 fully saturated rings. The summed E-state index contributed by atoms with van der Waals surface area (Å²) in [5.74, 6) is 0.872. The number of anilines is 1. The summed E-state index contributed by atoms with van der Waals surface area (Å²) < 4.78 is 0. The number of piperidine rings is 1. The highest BCUT2D eigenvalue weighted by Gasteiger charge is 2.16. The highest BCUT2D eigenvalue weighted by atomic mass is 15.1. The van der Waals surface area contributed by atoms with Gasteiger partial charge < -0.3 is 10.2 Å². The minimum absolute atomic E-state index is 0.872. The molecule has 1 heterocycles. The molecule has 3 heteroatoms. The average Bonchev–Trinajstić information content (AvgIpc) is 2.48. The van der Waals surface area contributed by atoms with E-state index in [-0.39, 0.29) is 0 Å². The lowest BCUT2D eigenvalue weighted by atomic mass is 9.97. The lowest BCUT2D eigenvalue weighted by Gasteiger charge is -2.29. The number of hydrogen-bond donors (Lipinski definition) is 1. The molecule has 0 unspecified atom stereocenters. The average molecular weight is 275 g/mol. The summed E-state index contributed by atoms with van der Waals surface area (Å²) in [6.45, 7) is 8.12. The first-order chi connectivity index (χ1) is 9.69. The van der Waals surface area contributed by atoms with Gasteiger partial charge >= 0.3 is 0 Å². The third kappa shape index (κ3) is 4.50. The fourth-order valence-electron chi connectivity index (χ4n) is 2.89. The van der Waals surface area contributed by atoms with E-state index in [1.54, 1.807) is 0 Å². The zero-order valence-corrected chi connectivity index (χ0v) is 13.2. The van der Waals surface area contributed by atoms with E-state index in [1.165, 1.54) is 43.7 Å². The van der Waals surface area contributed by atoms with E-state index >= 15 is 0 Å². The maximum atomic E-state index is 3.45. The van der Waals surface area contributed by atoms with E-state index in [9.17, 15) is 0 Å². The molecule has 0 bridgehead atoms. The summed E-state index contributed by atoms with van der Waals surface area (Å²) in [6, 6.07) is 8.96. The van der Waals surface area contributed by atoms with Crippen LogP contribution in [0.1, 0.15) is 25.3 Å². The largest absolute Gasteiger partial charge is 0.378 e. The molecular formula is C17H29N3. The maximum Gasteiger partial charge on any atom is 0.0361 e. The molecule has 0 radical (unpaired) electrons. The van der Waals surface area contributed by atoms with Crippen molar-refractivity contribution in [2.45, 2.75) is 26.3 Å². The zero-order chi connectivity index (χ0) is 14.4. The van der Waals surface area contributed by atoms with E-state index < -0.39 is 0 Å². The molecule has 1 saturated heterocycles. The SMILES string of the molecule is CCN(Cc1ccc(N(C)C)cc1)CC1CCNCC1. The Labute approximate surface area is 124 Å². The van der Waals surface area contributed by atoms with E-state index in [0.29, 0.717) is 0 Å². The van der Waals surface area contributed by atoms with Crippen LogP contribution in [0.15, 0.2) is 24.3 Å². The monoisotopic (exact) mass is 275 g/mol. The summed E-state index contributed by atoms with van der Waals surface area (Å²) in [6.07, 6.45) is 2.66. The number of nitrogens with one attached hydrogen (secondary N) is 1. The summed E-state index contributed by atoms with van der Waals surface area (Å²) in [7, 11) is 4.18. The molecule has 0 atom stereocenters. The lowest BCUT2D eigenvalue weighted by Crippen LogP contribution is -2.35. The number of benzene rings is 1. The van der Waals surface area contributed by atoms with Crippen LogP contribution >= 0.6 is 0 Å². The molecule has 0 saturated carbocycles. The molecule has 112 valence electrons. The Morgan fingerprint density at radius 2 is 1.75 bits per heavy atom. The van der Waals surface area contributed by atoms with Crippen LogP contribution in [0.4, 0.5) is 5.69 Å². The van der Waals surface area contributed by atoms with Gasteiger partial charge in [0, 0.05) is 32.9 Å². The van der Waals surface area contributed by atoms with Crippen LogP contribution in [-0.2, 0) is 6.54 Å². The first kappa shape index (κ1) is 15.3. The second kappa shape index (κ2) is 7.65. The van der Waals surface area contributed by atoms with Crippen molar-refractivity contribution < 1.29 is 0 Å². The van der Waals surface area contributed by atoms with E-state index in [1.807, 2.05) is 0 Å². The molecule has 2 rings (SSSR count). The van der Waals surface area contributed by atoms with Gasteiger partial charge in [-0.1, -0.05) is 19.1 Å². The first-order valence-corrected chi connectivity index (χ1v) is 7.88. The molecule has 0 aromatic heterocycles. The third-order valence-corrected chi connectivity index (χ3v) is 4.28. The van der Waals surface area contributed by atoms with Gasteiger partial charge in [0.05, 0.1) is 0 Å². The molecule has 0 aliphatic carbocycles. The predicted molar refractivity (Wildman–Crippen MR) is 87.3 cm³/mol. The van der Waals surface area contributed by atoms with Gasteiger partial charge in [0.15, 0.2) is 0 Å². The fraction of sp³-hybridized carbons (Fsp3) is 0.647. The zero-order valence-electron chi connectivity index (χ0n) is 13.2. The van der Waals surface area contributed by atoms with Crippen LogP contribution in [0.25, 0.3) is 0 Å². The molecule has 1 aliphatic heterocycles. The number of rotatable bonds is 6. The van der Waals surface area contributed by atoms with Crippen molar-refractivity contribution in [2.75, 3.05) is 45.2 Å². The quantitative estimate of drug-likeness (QED) is 0.861. The van der Waals surface area contributed by atoms with E-state index in [2.05, 4.69) is 60.4 Å². The standard InChI is InChI=1S/C17H29N3/c1-4-20(14-16-9-11-18-12-10-16)13-15-5-7-17(8-6-15)19(2)3/h5-8,16,18H,4,9-14H2,1-3H3. The molecule has 1 N–H and O–H groups in total. The third-order valence-electron chi connectivity index (χ3n) is 4.28. The summed E-state index contributed by atoms with van der Waals surface area (Å²) in [5, 5.41) is 3.45. The predicted octanol–water partition coefficient (Wildman–Crippen LogP) is 2.57. The van der Waals surface area contributed by atoms with Crippen molar-refractivity contribution >= 4 is 5.69 Å². The smallest absolute Gasteiger partial charge is 0.0361 e. The van der Waals surface area contributed by atoms with E-state index in [4.69, 9.17) is 0 Å². The Morgan fingerprint density at radius 3 is 2.30 bits per heavy atom. The number of hydrogen-bond acceptors (Lipinski definition) is 3. The normalized spacial score (nSPS) is 16.6. The molecule has 3 nitrogen and oxygen atoms in total. The molecule has 1 aromatic carbocycles. The van der Waals surface area contributed by atoms with Crippen molar-refractivity contribution in [3.63, 3.8) is 0 Å². The van der Waals surface area contributed by atoms with Gasteiger partial charge in [0.2, 0.25) is 0 Å². The van der Waals surface area contributed by atoms with Crippen LogP contribution < -0.4 is 10.2 Å². The first-order valence-electron chi connectivity index (χ1n) is 7.88. The summed E-state index contributed by atoms with van der Waals surface area (Å²) >= 11 is 0. The Kier molecular flexibility index (Phi) is 5.86. The van der Waals surface area contributed by atoms with Crippen LogP contribution in [0, 0.1) is 5.92 Å².